The molecule has 17 heavy (non-hydrogen) atoms. The van der Waals surface area contributed by atoms with Crippen LogP contribution in [0.1, 0.15) is 5.56 Å². The van der Waals surface area contributed by atoms with Gasteiger partial charge < -0.3 is 10.8 Å². The Labute approximate surface area is 95.5 Å². The summed E-state index contributed by atoms with van der Waals surface area (Å²) in [5, 5.41) is 28.0. The Morgan fingerprint density at radius 2 is 2.06 bits per heavy atom. The van der Waals surface area contributed by atoms with E-state index in [1.807, 2.05) is 0 Å². The number of nitrogens with two attached hydrogens (primary N) is 1. The predicted octanol–water partition coefficient (Wildman–Crippen LogP) is 0.873. The number of hydrogen-bond acceptors (Lipinski definition) is 5. The van der Waals surface area contributed by atoms with Crippen LogP contribution in [0.2, 0.25) is 0 Å². The molecule has 0 aliphatic rings. The molecule has 1 aromatic rings. The number of hydrogen-bond donors (Lipinski definition) is 2. The minimum absolute atomic E-state index is 0.0866. The maximum Gasteiger partial charge on any atom is 0.348 e. The van der Waals surface area contributed by atoms with Gasteiger partial charge in [0.25, 0.3) is 5.69 Å². The average molecular weight is 233 g/mol. The number of nitrogens with zero attached hydrogens (tertiary/aromatic N) is 2. The zero-order valence-electron chi connectivity index (χ0n) is 8.45. The predicted molar refractivity (Wildman–Crippen MR) is 57.5 cm³/mol. The third-order valence-corrected chi connectivity index (χ3v) is 1.99. The summed E-state index contributed by atoms with van der Waals surface area (Å²) in [4.78, 5) is 20.7. The highest BCUT2D eigenvalue weighted by molar-refractivity contribution is 6.00. The number of para-hydroxylation sites is 1. The van der Waals surface area contributed by atoms with E-state index in [0.717, 1.165) is 0 Å². The molecular weight excluding hydrogens is 226 g/mol. The smallest absolute Gasteiger partial charge is 0.348 e. The van der Waals surface area contributed by atoms with Crippen molar-refractivity contribution in [3.8, 4) is 6.07 Å². The largest absolute Gasteiger partial charge is 0.477 e. The third-order valence-electron chi connectivity index (χ3n) is 1.99. The van der Waals surface area contributed by atoms with Crippen molar-refractivity contribution in [2.75, 3.05) is 0 Å². The fourth-order valence-corrected chi connectivity index (χ4v) is 1.22. The second kappa shape index (κ2) is 4.76. The quantitative estimate of drug-likeness (QED) is 0.344. The molecule has 0 aromatic heterocycles. The standard InChI is InChI=1S/C10H7N3O4/c11-5-7(10(14)15)9(12)6-3-1-2-4-8(6)13(16)17/h1-4H,12H2,(H,14,15)/b9-7-. The zero-order chi connectivity index (χ0) is 13.0. The molecule has 0 saturated carbocycles. The lowest BCUT2D eigenvalue weighted by molar-refractivity contribution is -0.385. The van der Waals surface area contributed by atoms with Crippen LogP contribution < -0.4 is 5.73 Å². The second-order valence-corrected chi connectivity index (χ2v) is 2.98. The van der Waals surface area contributed by atoms with Crippen molar-refractivity contribution in [3.63, 3.8) is 0 Å². The lowest BCUT2D eigenvalue weighted by atomic mass is 10.1. The Bertz CT molecular complexity index is 557. The molecule has 0 bridgehead atoms. The molecule has 0 atom stereocenters. The van der Waals surface area contributed by atoms with Gasteiger partial charge in [0, 0.05) is 6.07 Å². The topological polar surface area (TPSA) is 130 Å². The van der Waals surface area contributed by atoms with Gasteiger partial charge in [-0.25, -0.2) is 4.79 Å². The average Bonchev–Trinajstić information content (AvgIpc) is 2.29. The number of carboxylic acids is 1. The van der Waals surface area contributed by atoms with E-state index >= 15 is 0 Å². The second-order valence-electron chi connectivity index (χ2n) is 2.98. The van der Waals surface area contributed by atoms with E-state index in [1.165, 1.54) is 30.3 Å². The van der Waals surface area contributed by atoms with Gasteiger partial charge in [-0.05, 0) is 6.07 Å². The molecule has 7 nitrogen and oxygen atoms in total. The van der Waals surface area contributed by atoms with Crippen LogP contribution in [-0.4, -0.2) is 16.0 Å². The van der Waals surface area contributed by atoms with E-state index in [2.05, 4.69) is 0 Å². The molecule has 0 radical (unpaired) electrons. The Kier molecular flexibility index (Phi) is 3.41. The number of carbonyl (C=O) groups is 1. The first-order valence-corrected chi connectivity index (χ1v) is 4.36. The summed E-state index contributed by atoms with van der Waals surface area (Å²) >= 11 is 0. The molecule has 1 aromatic carbocycles. The monoisotopic (exact) mass is 233 g/mol. The first-order valence-electron chi connectivity index (χ1n) is 4.36. The van der Waals surface area contributed by atoms with Gasteiger partial charge in [0.1, 0.15) is 6.07 Å². The number of nitro benzene ring substituents is 1. The van der Waals surface area contributed by atoms with Crippen molar-refractivity contribution in [2.45, 2.75) is 0 Å². The van der Waals surface area contributed by atoms with Crippen LogP contribution in [0.25, 0.3) is 5.70 Å². The lowest BCUT2D eigenvalue weighted by Crippen LogP contribution is -2.09. The van der Waals surface area contributed by atoms with E-state index in [0.29, 0.717) is 0 Å². The Morgan fingerprint density at radius 3 is 2.53 bits per heavy atom. The van der Waals surface area contributed by atoms with Gasteiger partial charge in [0.15, 0.2) is 5.57 Å². The van der Waals surface area contributed by atoms with Crippen molar-refractivity contribution >= 4 is 17.4 Å². The Balaban J connectivity index is 3.50. The van der Waals surface area contributed by atoms with Crippen molar-refractivity contribution in [1.29, 1.82) is 5.26 Å². The minimum atomic E-state index is -1.52. The number of benzene rings is 1. The molecule has 0 amide bonds. The summed E-state index contributed by atoms with van der Waals surface area (Å²) in [6.45, 7) is 0. The van der Waals surface area contributed by atoms with E-state index in [9.17, 15) is 14.9 Å². The van der Waals surface area contributed by atoms with Crippen LogP contribution in [0.4, 0.5) is 5.69 Å². The highest BCUT2D eigenvalue weighted by atomic mass is 16.6. The molecule has 0 heterocycles. The first-order chi connectivity index (χ1) is 7.99. The van der Waals surface area contributed by atoms with E-state index in [1.54, 1.807) is 0 Å². The maximum atomic E-state index is 10.7. The van der Waals surface area contributed by atoms with Crippen molar-refractivity contribution in [3.05, 3.63) is 45.5 Å². The first kappa shape index (κ1) is 12.2. The molecule has 0 aliphatic heterocycles. The van der Waals surface area contributed by atoms with Crippen LogP contribution in [0, 0.1) is 21.4 Å². The Hall–Kier alpha value is -2.88. The normalized spacial score (nSPS) is 11.2. The third kappa shape index (κ3) is 2.38. The summed E-state index contributed by atoms with van der Waals surface area (Å²) in [7, 11) is 0. The molecule has 0 aliphatic carbocycles. The maximum absolute atomic E-state index is 10.7. The lowest BCUT2D eigenvalue weighted by Gasteiger charge is -2.03. The zero-order valence-corrected chi connectivity index (χ0v) is 8.45. The van der Waals surface area contributed by atoms with Gasteiger partial charge in [0.05, 0.1) is 16.2 Å². The van der Waals surface area contributed by atoms with Crippen LogP contribution in [-0.2, 0) is 4.79 Å². The number of rotatable bonds is 3. The highest BCUT2D eigenvalue weighted by Crippen LogP contribution is 2.24. The van der Waals surface area contributed by atoms with Crippen LogP contribution in [0.3, 0.4) is 0 Å². The number of aliphatic carboxylic acids is 1. The van der Waals surface area contributed by atoms with Crippen molar-refractivity contribution in [2.24, 2.45) is 5.73 Å². The van der Waals surface area contributed by atoms with Crippen molar-refractivity contribution < 1.29 is 14.8 Å². The van der Waals surface area contributed by atoms with Crippen LogP contribution >= 0.6 is 0 Å². The molecule has 0 unspecified atom stereocenters. The van der Waals surface area contributed by atoms with Gasteiger partial charge in [-0.15, -0.1) is 0 Å². The van der Waals surface area contributed by atoms with Gasteiger partial charge in [-0.1, -0.05) is 12.1 Å². The number of nitro groups is 1. The fourth-order valence-electron chi connectivity index (χ4n) is 1.22. The summed E-state index contributed by atoms with van der Waals surface area (Å²) in [6, 6.07) is 6.75. The van der Waals surface area contributed by atoms with Crippen molar-refractivity contribution in [1.82, 2.24) is 0 Å². The Morgan fingerprint density at radius 1 is 1.47 bits per heavy atom. The number of nitriles is 1. The molecular formula is C10H7N3O4. The molecule has 0 saturated heterocycles. The van der Waals surface area contributed by atoms with E-state index in [4.69, 9.17) is 16.1 Å². The number of carboxylic acid groups (broad SMARTS) is 1. The van der Waals surface area contributed by atoms with Gasteiger partial charge in [0.2, 0.25) is 0 Å². The highest BCUT2D eigenvalue weighted by Gasteiger charge is 2.20. The van der Waals surface area contributed by atoms with Crippen LogP contribution in [0.15, 0.2) is 29.8 Å². The van der Waals surface area contributed by atoms with E-state index in [-0.39, 0.29) is 11.3 Å². The molecule has 7 heteroatoms. The molecule has 1 rings (SSSR count). The fraction of sp³-hybridized carbons (Fsp3) is 0. The SMILES string of the molecule is N#C/C(C(=O)O)=C(/N)c1ccccc1[N+](=O)[O-]. The molecule has 0 spiro atoms. The molecule has 86 valence electrons. The molecule has 3 N–H and O–H groups in total. The van der Waals surface area contributed by atoms with Gasteiger partial charge in [-0.2, -0.15) is 5.26 Å². The minimum Gasteiger partial charge on any atom is -0.477 e. The van der Waals surface area contributed by atoms with Gasteiger partial charge >= 0.3 is 5.97 Å². The summed E-state index contributed by atoms with van der Waals surface area (Å²) in [6.07, 6.45) is 0. The summed E-state index contributed by atoms with van der Waals surface area (Å²) in [5.74, 6) is -1.52. The van der Waals surface area contributed by atoms with Gasteiger partial charge in [-0.3, -0.25) is 10.1 Å². The molecule has 0 fully saturated rings. The summed E-state index contributed by atoms with van der Waals surface area (Å²) < 4.78 is 0. The van der Waals surface area contributed by atoms with Crippen LogP contribution in [0.5, 0.6) is 0 Å². The summed E-state index contributed by atoms with van der Waals surface area (Å²) in [5.41, 5.74) is 3.88. The van der Waals surface area contributed by atoms with E-state index < -0.39 is 22.2 Å².